The van der Waals surface area contributed by atoms with Crippen molar-refractivity contribution in [1.82, 2.24) is 0 Å². The first-order valence-electron chi connectivity index (χ1n) is 10.9. The van der Waals surface area contributed by atoms with Crippen molar-refractivity contribution in [2.24, 2.45) is 0 Å². The average molecular weight is 401 g/mol. The number of aryl methyl sites for hydroxylation is 2. The molecule has 3 aromatic carbocycles. The SMILES string of the molecule is CC(C)(C)[Si](Oc1ccc2c(c1)CCCCC2)(c1ccccc1)c1ccccc1. The summed E-state index contributed by atoms with van der Waals surface area (Å²) in [5.74, 6) is 1.03. The first kappa shape index (κ1) is 20.0. The summed E-state index contributed by atoms with van der Waals surface area (Å²) in [6.45, 7) is 7.01. The Bertz CT molecular complexity index is 902. The summed E-state index contributed by atoms with van der Waals surface area (Å²) in [7, 11) is -2.55. The van der Waals surface area contributed by atoms with Crippen molar-refractivity contribution in [3.63, 3.8) is 0 Å². The van der Waals surface area contributed by atoms with Gasteiger partial charge in [-0.25, -0.2) is 0 Å². The van der Waals surface area contributed by atoms with E-state index in [0.29, 0.717) is 0 Å². The molecule has 0 aliphatic heterocycles. The lowest BCUT2D eigenvalue weighted by atomic mass is 10.0. The predicted octanol–water partition coefficient (Wildman–Crippen LogP) is 5.89. The second-order valence-corrected chi connectivity index (χ2v) is 13.5. The van der Waals surface area contributed by atoms with Crippen LogP contribution in [0.5, 0.6) is 5.75 Å². The average Bonchev–Trinajstić information content (AvgIpc) is 2.97. The predicted molar refractivity (Wildman–Crippen MR) is 126 cm³/mol. The Morgan fingerprint density at radius 3 is 1.76 bits per heavy atom. The molecular formula is C27H32OSi. The molecule has 0 radical (unpaired) electrons. The van der Waals surface area contributed by atoms with Crippen molar-refractivity contribution in [3.8, 4) is 5.75 Å². The molecule has 1 aliphatic carbocycles. The molecule has 0 saturated carbocycles. The lowest BCUT2D eigenvalue weighted by Gasteiger charge is -2.43. The van der Waals surface area contributed by atoms with E-state index in [2.05, 4.69) is 99.6 Å². The molecule has 29 heavy (non-hydrogen) atoms. The second kappa shape index (κ2) is 8.20. The van der Waals surface area contributed by atoms with Crippen LogP contribution >= 0.6 is 0 Å². The van der Waals surface area contributed by atoms with E-state index in [0.717, 1.165) is 5.75 Å². The molecule has 0 fully saturated rings. The third kappa shape index (κ3) is 3.91. The highest BCUT2D eigenvalue weighted by Crippen LogP contribution is 2.38. The summed E-state index contributed by atoms with van der Waals surface area (Å²) >= 11 is 0. The first-order valence-corrected chi connectivity index (χ1v) is 12.8. The molecule has 0 bridgehead atoms. The van der Waals surface area contributed by atoms with Gasteiger partial charge in [0, 0.05) is 0 Å². The first-order chi connectivity index (χ1) is 14.0. The fourth-order valence-corrected chi connectivity index (χ4v) is 9.19. The van der Waals surface area contributed by atoms with Crippen LogP contribution in [0, 0.1) is 0 Å². The van der Waals surface area contributed by atoms with Gasteiger partial charge in [-0.1, -0.05) is 93.9 Å². The van der Waals surface area contributed by atoms with Crippen LogP contribution in [0.15, 0.2) is 78.9 Å². The van der Waals surface area contributed by atoms with Crippen molar-refractivity contribution in [2.45, 2.75) is 57.9 Å². The number of benzene rings is 3. The highest BCUT2D eigenvalue weighted by Gasteiger charge is 2.52. The molecule has 4 rings (SSSR count). The molecule has 0 spiro atoms. The monoisotopic (exact) mass is 400 g/mol. The number of fused-ring (bicyclic) bond motifs is 1. The van der Waals surface area contributed by atoms with E-state index in [1.807, 2.05) is 0 Å². The van der Waals surface area contributed by atoms with Gasteiger partial charge in [0.1, 0.15) is 5.75 Å². The van der Waals surface area contributed by atoms with Crippen LogP contribution in [0.1, 0.15) is 51.2 Å². The summed E-state index contributed by atoms with van der Waals surface area (Å²) in [6.07, 6.45) is 6.30. The fraction of sp³-hybridized carbons (Fsp3) is 0.333. The van der Waals surface area contributed by atoms with Gasteiger partial charge >= 0.3 is 8.32 Å². The van der Waals surface area contributed by atoms with E-state index in [4.69, 9.17) is 4.43 Å². The van der Waals surface area contributed by atoms with Crippen LogP contribution in [-0.2, 0) is 12.8 Å². The highest BCUT2D eigenvalue weighted by molar-refractivity contribution is 7.00. The van der Waals surface area contributed by atoms with Crippen molar-refractivity contribution in [1.29, 1.82) is 0 Å². The van der Waals surface area contributed by atoms with Gasteiger partial charge in [-0.15, -0.1) is 0 Å². The highest BCUT2D eigenvalue weighted by atomic mass is 28.4. The molecule has 0 amide bonds. The summed E-state index contributed by atoms with van der Waals surface area (Å²) in [4.78, 5) is 0. The summed E-state index contributed by atoms with van der Waals surface area (Å²) < 4.78 is 7.18. The van der Waals surface area contributed by atoms with Gasteiger partial charge in [-0.05, 0) is 64.4 Å². The van der Waals surface area contributed by atoms with Gasteiger partial charge in [0.2, 0.25) is 0 Å². The Morgan fingerprint density at radius 1 is 0.655 bits per heavy atom. The van der Waals surface area contributed by atoms with Gasteiger partial charge in [-0.2, -0.15) is 0 Å². The van der Waals surface area contributed by atoms with Crippen LogP contribution in [0.2, 0.25) is 5.04 Å². The lowest BCUT2D eigenvalue weighted by molar-refractivity contribution is 0.507. The van der Waals surface area contributed by atoms with E-state index in [1.165, 1.54) is 53.6 Å². The fourth-order valence-electron chi connectivity index (χ4n) is 4.78. The standard InChI is InChI=1S/C27H32OSi/c1-27(2,3)29(25-15-9-5-10-16-25,26-17-11-6-12-18-26)28-24-20-19-22-13-7-4-8-14-23(22)21-24/h5-6,9-12,15-21H,4,7-8,13-14H2,1-3H3. The molecule has 0 atom stereocenters. The lowest BCUT2D eigenvalue weighted by Crippen LogP contribution is -2.68. The zero-order valence-corrected chi connectivity index (χ0v) is 18.9. The quantitative estimate of drug-likeness (QED) is 0.392. The van der Waals surface area contributed by atoms with E-state index in [9.17, 15) is 0 Å². The maximum Gasteiger partial charge on any atom is 0.319 e. The third-order valence-corrected chi connectivity index (χ3v) is 11.2. The van der Waals surface area contributed by atoms with Crippen molar-refractivity contribution in [2.75, 3.05) is 0 Å². The summed E-state index contributed by atoms with van der Waals surface area (Å²) in [5, 5.41) is 2.64. The molecule has 0 aromatic heterocycles. The minimum absolute atomic E-state index is 0.0114. The Hall–Kier alpha value is -2.32. The van der Waals surface area contributed by atoms with E-state index in [-0.39, 0.29) is 5.04 Å². The van der Waals surface area contributed by atoms with Crippen LogP contribution < -0.4 is 14.8 Å². The maximum absolute atomic E-state index is 7.18. The van der Waals surface area contributed by atoms with E-state index in [1.54, 1.807) is 0 Å². The topological polar surface area (TPSA) is 9.23 Å². The van der Waals surface area contributed by atoms with E-state index >= 15 is 0 Å². The molecule has 1 aliphatic rings. The molecular weight excluding hydrogens is 368 g/mol. The largest absolute Gasteiger partial charge is 0.534 e. The molecule has 1 nitrogen and oxygen atoms in total. The normalized spacial score (nSPS) is 14.7. The smallest absolute Gasteiger partial charge is 0.319 e. The summed E-state index contributed by atoms with van der Waals surface area (Å²) in [6, 6.07) is 28.7. The molecule has 0 N–H and O–H groups in total. The zero-order chi connectivity index (χ0) is 20.3. The minimum Gasteiger partial charge on any atom is -0.534 e. The molecule has 150 valence electrons. The minimum atomic E-state index is -2.55. The van der Waals surface area contributed by atoms with Gasteiger partial charge < -0.3 is 4.43 Å². The van der Waals surface area contributed by atoms with Gasteiger partial charge in [0.25, 0.3) is 0 Å². The van der Waals surface area contributed by atoms with Crippen molar-refractivity contribution in [3.05, 3.63) is 90.0 Å². The molecule has 2 heteroatoms. The number of hydrogen-bond donors (Lipinski definition) is 0. The zero-order valence-electron chi connectivity index (χ0n) is 17.9. The Morgan fingerprint density at radius 2 is 1.21 bits per heavy atom. The van der Waals surface area contributed by atoms with Gasteiger partial charge in [-0.3, -0.25) is 0 Å². The number of hydrogen-bond acceptors (Lipinski definition) is 1. The molecule has 3 aromatic rings. The van der Waals surface area contributed by atoms with Gasteiger partial charge in [0.15, 0.2) is 0 Å². The van der Waals surface area contributed by atoms with Crippen LogP contribution in [0.4, 0.5) is 0 Å². The van der Waals surface area contributed by atoms with Crippen molar-refractivity contribution >= 4 is 18.7 Å². The van der Waals surface area contributed by atoms with E-state index < -0.39 is 8.32 Å². The summed E-state index contributed by atoms with van der Waals surface area (Å²) in [5.41, 5.74) is 3.00. The van der Waals surface area contributed by atoms with Crippen LogP contribution in [-0.4, -0.2) is 8.32 Å². The van der Waals surface area contributed by atoms with Crippen LogP contribution in [0.3, 0.4) is 0 Å². The second-order valence-electron chi connectivity index (χ2n) is 9.26. The van der Waals surface area contributed by atoms with Crippen LogP contribution in [0.25, 0.3) is 0 Å². The molecule has 0 heterocycles. The molecule has 0 saturated heterocycles. The van der Waals surface area contributed by atoms with Crippen molar-refractivity contribution < 1.29 is 4.43 Å². The van der Waals surface area contributed by atoms with Gasteiger partial charge in [0.05, 0.1) is 0 Å². The Balaban J connectivity index is 1.86. The Kier molecular flexibility index (Phi) is 5.64. The molecule has 0 unspecified atom stereocenters. The third-order valence-electron chi connectivity index (χ3n) is 6.26. The Labute approximate surface area is 176 Å². The number of rotatable bonds is 4. The maximum atomic E-state index is 7.18.